The number of thiophene rings is 1. The molecular weight excluding hydrogens is 220 g/mol. The molecule has 0 radical (unpaired) electrons. The van der Waals surface area contributed by atoms with Gasteiger partial charge >= 0.3 is 5.97 Å². The number of aryl methyl sites for hydroxylation is 1. The average molecular weight is 234 g/mol. The Labute approximate surface area is 98.5 Å². The number of carboxylic acid groups (broad SMARTS) is 1. The molecule has 2 nitrogen and oxygen atoms in total. The standard InChI is InChI=1S/C13H14O2S/c1-8-3-4-12-10(5-8)11(7-16-12)9(2)6-13(14)15/h3-5,7,9H,6H2,1-2H3,(H,14,15). The van der Waals surface area contributed by atoms with Crippen molar-refractivity contribution < 1.29 is 9.90 Å². The van der Waals surface area contributed by atoms with E-state index in [1.807, 2.05) is 6.92 Å². The highest BCUT2D eigenvalue weighted by Gasteiger charge is 2.14. The lowest BCUT2D eigenvalue weighted by molar-refractivity contribution is -0.137. The summed E-state index contributed by atoms with van der Waals surface area (Å²) in [5, 5.41) is 12.1. The zero-order chi connectivity index (χ0) is 11.7. The second-order valence-corrected chi connectivity index (χ2v) is 5.10. The minimum Gasteiger partial charge on any atom is -0.481 e. The van der Waals surface area contributed by atoms with Crippen LogP contribution >= 0.6 is 11.3 Å². The summed E-state index contributed by atoms with van der Waals surface area (Å²) in [6.45, 7) is 4.03. The van der Waals surface area contributed by atoms with Gasteiger partial charge in [0.25, 0.3) is 0 Å². The maximum atomic E-state index is 10.7. The summed E-state index contributed by atoms with van der Waals surface area (Å²) >= 11 is 1.69. The van der Waals surface area contributed by atoms with E-state index in [-0.39, 0.29) is 12.3 Å². The Morgan fingerprint density at radius 2 is 2.25 bits per heavy atom. The summed E-state index contributed by atoms with van der Waals surface area (Å²) < 4.78 is 1.23. The molecule has 0 saturated carbocycles. The molecule has 1 N–H and O–H groups in total. The Morgan fingerprint density at radius 1 is 1.50 bits per heavy atom. The number of rotatable bonds is 3. The van der Waals surface area contributed by atoms with E-state index in [4.69, 9.17) is 5.11 Å². The van der Waals surface area contributed by atoms with Crippen molar-refractivity contribution in [1.29, 1.82) is 0 Å². The molecule has 1 heterocycles. The summed E-state index contributed by atoms with van der Waals surface area (Å²) in [6.07, 6.45) is 0.194. The maximum absolute atomic E-state index is 10.7. The Kier molecular flexibility index (Phi) is 2.97. The van der Waals surface area contributed by atoms with Crippen molar-refractivity contribution in [1.82, 2.24) is 0 Å². The molecule has 16 heavy (non-hydrogen) atoms. The monoisotopic (exact) mass is 234 g/mol. The van der Waals surface area contributed by atoms with Gasteiger partial charge < -0.3 is 5.11 Å². The third-order valence-electron chi connectivity index (χ3n) is 2.77. The van der Waals surface area contributed by atoms with Crippen LogP contribution in [0.25, 0.3) is 10.1 Å². The molecular formula is C13H14O2S. The van der Waals surface area contributed by atoms with Crippen LogP contribution in [0.5, 0.6) is 0 Å². The van der Waals surface area contributed by atoms with Crippen LogP contribution in [-0.4, -0.2) is 11.1 Å². The molecule has 1 aromatic heterocycles. The third kappa shape index (κ3) is 2.09. The number of fused-ring (bicyclic) bond motifs is 1. The molecule has 0 aliphatic heterocycles. The number of carboxylic acids is 1. The van der Waals surface area contributed by atoms with Crippen molar-refractivity contribution in [2.45, 2.75) is 26.2 Å². The van der Waals surface area contributed by atoms with Gasteiger partial charge in [-0.25, -0.2) is 0 Å². The van der Waals surface area contributed by atoms with Crippen LogP contribution in [0.3, 0.4) is 0 Å². The van der Waals surface area contributed by atoms with Gasteiger partial charge in [0.1, 0.15) is 0 Å². The van der Waals surface area contributed by atoms with Crippen LogP contribution < -0.4 is 0 Å². The van der Waals surface area contributed by atoms with Gasteiger partial charge in [-0.05, 0) is 35.2 Å². The predicted octanol–water partition coefficient (Wildman–Crippen LogP) is 3.79. The molecule has 2 rings (SSSR count). The smallest absolute Gasteiger partial charge is 0.303 e. The molecule has 0 aliphatic rings. The van der Waals surface area contributed by atoms with E-state index >= 15 is 0 Å². The molecule has 0 bridgehead atoms. The first kappa shape index (κ1) is 11.1. The highest BCUT2D eigenvalue weighted by atomic mass is 32.1. The van der Waals surface area contributed by atoms with Gasteiger partial charge in [0.05, 0.1) is 6.42 Å². The zero-order valence-electron chi connectivity index (χ0n) is 9.36. The number of benzene rings is 1. The molecule has 84 valence electrons. The summed E-state index contributed by atoms with van der Waals surface area (Å²) in [7, 11) is 0. The summed E-state index contributed by atoms with van der Waals surface area (Å²) in [6, 6.07) is 6.33. The van der Waals surface area contributed by atoms with E-state index in [9.17, 15) is 4.79 Å². The first-order valence-corrected chi connectivity index (χ1v) is 6.15. The van der Waals surface area contributed by atoms with E-state index in [1.54, 1.807) is 11.3 Å². The normalized spacial score (nSPS) is 12.9. The minimum atomic E-state index is -0.737. The van der Waals surface area contributed by atoms with Gasteiger partial charge in [-0.2, -0.15) is 0 Å². The van der Waals surface area contributed by atoms with Gasteiger partial charge in [-0.1, -0.05) is 24.6 Å². The lowest BCUT2D eigenvalue weighted by Gasteiger charge is -2.07. The molecule has 2 aromatic rings. The Morgan fingerprint density at radius 3 is 2.94 bits per heavy atom. The van der Waals surface area contributed by atoms with Crippen LogP contribution in [0.1, 0.15) is 30.4 Å². The van der Waals surface area contributed by atoms with E-state index < -0.39 is 5.97 Å². The summed E-state index contributed by atoms with van der Waals surface area (Å²) in [5.41, 5.74) is 2.38. The molecule has 0 saturated heterocycles. The topological polar surface area (TPSA) is 37.3 Å². The fourth-order valence-electron chi connectivity index (χ4n) is 1.92. The van der Waals surface area contributed by atoms with Crippen molar-refractivity contribution in [3.63, 3.8) is 0 Å². The van der Waals surface area contributed by atoms with Crippen molar-refractivity contribution in [2.24, 2.45) is 0 Å². The quantitative estimate of drug-likeness (QED) is 0.877. The fourth-order valence-corrected chi connectivity index (χ4v) is 2.98. The lowest BCUT2D eigenvalue weighted by Crippen LogP contribution is -2.02. The highest BCUT2D eigenvalue weighted by Crippen LogP contribution is 2.33. The SMILES string of the molecule is Cc1ccc2scc(C(C)CC(=O)O)c2c1. The van der Waals surface area contributed by atoms with Gasteiger partial charge in [0.2, 0.25) is 0 Å². The molecule has 0 fully saturated rings. The zero-order valence-corrected chi connectivity index (χ0v) is 10.2. The largest absolute Gasteiger partial charge is 0.481 e. The van der Waals surface area contributed by atoms with E-state index in [0.717, 1.165) is 5.56 Å². The molecule has 1 atom stereocenters. The molecule has 0 amide bonds. The first-order valence-electron chi connectivity index (χ1n) is 5.27. The van der Waals surface area contributed by atoms with E-state index in [0.29, 0.717) is 0 Å². The lowest BCUT2D eigenvalue weighted by atomic mass is 9.97. The van der Waals surface area contributed by atoms with Crippen LogP contribution in [-0.2, 0) is 4.79 Å². The van der Waals surface area contributed by atoms with Crippen LogP contribution in [0.2, 0.25) is 0 Å². The van der Waals surface area contributed by atoms with Gasteiger partial charge in [0, 0.05) is 4.70 Å². The van der Waals surface area contributed by atoms with Gasteiger partial charge in [-0.3, -0.25) is 4.79 Å². The summed E-state index contributed by atoms with van der Waals surface area (Å²) in [5.74, 6) is -0.660. The minimum absolute atomic E-state index is 0.0769. The van der Waals surface area contributed by atoms with Crippen molar-refractivity contribution in [3.05, 3.63) is 34.7 Å². The Bertz CT molecular complexity index is 528. The van der Waals surface area contributed by atoms with Gasteiger partial charge in [0.15, 0.2) is 0 Å². The first-order chi connectivity index (χ1) is 7.58. The van der Waals surface area contributed by atoms with Crippen molar-refractivity contribution >= 4 is 27.4 Å². The predicted molar refractivity (Wildman–Crippen MR) is 67.2 cm³/mol. The Balaban J connectivity index is 2.44. The van der Waals surface area contributed by atoms with Crippen LogP contribution in [0, 0.1) is 6.92 Å². The van der Waals surface area contributed by atoms with E-state index in [1.165, 1.54) is 15.6 Å². The molecule has 0 spiro atoms. The van der Waals surface area contributed by atoms with E-state index in [2.05, 4.69) is 30.5 Å². The molecule has 1 aromatic carbocycles. The average Bonchev–Trinajstić information content (AvgIpc) is 2.59. The second-order valence-electron chi connectivity index (χ2n) is 4.19. The van der Waals surface area contributed by atoms with Crippen LogP contribution in [0.4, 0.5) is 0 Å². The highest BCUT2D eigenvalue weighted by molar-refractivity contribution is 7.17. The van der Waals surface area contributed by atoms with Gasteiger partial charge in [-0.15, -0.1) is 11.3 Å². The third-order valence-corrected chi connectivity index (χ3v) is 3.75. The molecule has 3 heteroatoms. The Hall–Kier alpha value is -1.35. The van der Waals surface area contributed by atoms with Crippen molar-refractivity contribution in [2.75, 3.05) is 0 Å². The fraction of sp³-hybridized carbons (Fsp3) is 0.308. The molecule has 0 aliphatic carbocycles. The number of carbonyl (C=O) groups is 1. The summed E-state index contributed by atoms with van der Waals surface area (Å²) in [4.78, 5) is 10.7. The van der Waals surface area contributed by atoms with Crippen molar-refractivity contribution in [3.8, 4) is 0 Å². The second kappa shape index (κ2) is 4.26. The molecule has 1 unspecified atom stereocenters. The van der Waals surface area contributed by atoms with Crippen LogP contribution in [0.15, 0.2) is 23.6 Å². The number of hydrogen-bond acceptors (Lipinski definition) is 2. The maximum Gasteiger partial charge on any atom is 0.303 e. The number of hydrogen-bond donors (Lipinski definition) is 1. The number of aliphatic carboxylic acids is 1.